The molecule has 0 saturated carbocycles. The molecule has 9 heteroatoms. The Morgan fingerprint density at radius 1 is 1.28 bits per heavy atom. The van der Waals surface area contributed by atoms with Gasteiger partial charge in [-0.05, 0) is 36.3 Å². The van der Waals surface area contributed by atoms with Gasteiger partial charge in [-0.1, -0.05) is 36.5 Å². The number of aromatic amines is 1. The normalized spacial score (nSPS) is 12.6. The third kappa shape index (κ3) is 2.81. The molecular weight excluding hydrogens is 410 g/mol. The van der Waals surface area contributed by atoms with E-state index in [2.05, 4.69) is 10.3 Å². The van der Waals surface area contributed by atoms with Gasteiger partial charge in [0.25, 0.3) is 11.5 Å². The molecule has 0 aliphatic carbocycles. The number of thiazole rings is 1. The third-order valence-corrected chi connectivity index (χ3v) is 6.24. The van der Waals surface area contributed by atoms with E-state index in [1.54, 1.807) is 16.5 Å². The Morgan fingerprint density at radius 2 is 2.03 bits per heavy atom. The lowest BCUT2D eigenvalue weighted by Crippen LogP contribution is -2.15. The van der Waals surface area contributed by atoms with E-state index in [0.717, 1.165) is 29.0 Å². The van der Waals surface area contributed by atoms with Crippen LogP contribution in [0, 0.1) is 3.95 Å². The molecule has 7 nitrogen and oxygen atoms in total. The Kier molecular flexibility index (Phi) is 4.14. The van der Waals surface area contributed by atoms with Crippen molar-refractivity contribution in [3.63, 3.8) is 0 Å². The van der Waals surface area contributed by atoms with Crippen molar-refractivity contribution in [1.82, 2.24) is 9.38 Å². The summed E-state index contributed by atoms with van der Waals surface area (Å²) in [4.78, 5) is 28.9. The number of nitrogens with zero attached hydrogens (tertiary/aromatic N) is 1. The lowest BCUT2D eigenvalue weighted by atomic mass is 10.1. The number of carbonyl (C=O) groups excluding carboxylic acids is 1. The van der Waals surface area contributed by atoms with Crippen LogP contribution in [0.15, 0.2) is 41.2 Å². The highest BCUT2D eigenvalue weighted by Gasteiger charge is 2.22. The van der Waals surface area contributed by atoms with Gasteiger partial charge in [-0.15, -0.1) is 0 Å². The van der Waals surface area contributed by atoms with Crippen LogP contribution in [0.2, 0.25) is 0 Å². The van der Waals surface area contributed by atoms with Gasteiger partial charge < -0.3 is 19.8 Å². The molecule has 5 rings (SSSR count). The average molecular weight is 425 g/mol. The van der Waals surface area contributed by atoms with Crippen LogP contribution in [0.25, 0.3) is 16.6 Å². The molecule has 1 aliphatic heterocycles. The van der Waals surface area contributed by atoms with Gasteiger partial charge in [0.05, 0.1) is 10.9 Å². The van der Waals surface area contributed by atoms with E-state index < -0.39 is 0 Å². The maximum absolute atomic E-state index is 13.0. The van der Waals surface area contributed by atoms with E-state index >= 15 is 0 Å². The van der Waals surface area contributed by atoms with Gasteiger partial charge in [-0.3, -0.25) is 14.0 Å². The van der Waals surface area contributed by atoms with Crippen molar-refractivity contribution in [1.29, 1.82) is 0 Å². The number of H-pyrrole nitrogens is 1. The molecule has 0 unspecified atom stereocenters. The third-order valence-electron chi connectivity index (χ3n) is 4.87. The van der Waals surface area contributed by atoms with Crippen LogP contribution in [0.5, 0.6) is 11.5 Å². The van der Waals surface area contributed by atoms with Crippen LogP contribution in [-0.4, -0.2) is 22.1 Å². The predicted octanol–water partition coefficient (Wildman–Crippen LogP) is 4.12. The highest BCUT2D eigenvalue weighted by Crippen LogP contribution is 2.36. The molecule has 0 bridgehead atoms. The SMILES string of the molecule is CCc1ccccc1NC(=O)c1sc(=S)n2c1[nH]c(=O)c1cc3c(cc12)OCO3. The van der Waals surface area contributed by atoms with E-state index in [1.807, 2.05) is 31.2 Å². The second kappa shape index (κ2) is 6.71. The fraction of sp³-hybridized carbons (Fsp3) is 0.150. The summed E-state index contributed by atoms with van der Waals surface area (Å²) in [6.45, 7) is 2.13. The number of nitrogens with one attached hydrogen (secondary N) is 2. The zero-order chi connectivity index (χ0) is 20.1. The number of aryl methyl sites for hydroxylation is 1. The number of benzene rings is 2. The molecule has 2 aromatic carbocycles. The Morgan fingerprint density at radius 3 is 2.83 bits per heavy atom. The second-order valence-electron chi connectivity index (χ2n) is 6.52. The number of para-hydroxylation sites is 1. The maximum atomic E-state index is 13.0. The van der Waals surface area contributed by atoms with Crippen LogP contribution < -0.4 is 20.3 Å². The minimum Gasteiger partial charge on any atom is -0.454 e. The molecule has 0 atom stereocenters. The van der Waals surface area contributed by atoms with E-state index in [1.165, 1.54) is 0 Å². The zero-order valence-electron chi connectivity index (χ0n) is 15.3. The van der Waals surface area contributed by atoms with Crippen molar-refractivity contribution in [2.24, 2.45) is 0 Å². The number of rotatable bonds is 3. The number of anilines is 1. The molecule has 1 amide bonds. The van der Waals surface area contributed by atoms with E-state index in [4.69, 9.17) is 21.7 Å². The number of hydrogen-bond acceptors (Lipinski definition) is 6. The molecule has 0 saturated heterocycles. The van der Waals surface area contributed by atoms with Gasteiger partial charge >= 0.3 is 0 Å². The predicted molar refractivity (Wildman–Crippen MR) is 114 cm³/mol. The Bertz CT molecular complexity index is 1420. The molecule has 0 radical (unpaired) electrons. The van der Waals surface area contributed by atoms with Gasteiger partial charge in [-0.2, -0.15) is 0 Å². The number of fused-ring (bicyclic) bond motifs is 4. The van der Waals surface area contributed by atoms with Gasteiger partial charge in [-0.25, -0.2) is 0 Å². The molecule has 29 heavy (non-hydrogen) atoms. The van der Waals surface area contributed by atoms with E-state index in [-0.39, 0.29) is 18.3 Å². The smallest absolute Gasteiger partial charge is 0.269 e. The average Bonchev–Trinajstić information content (AvgIpc) is 3.31. The van der Waals surface area contributed by atoms with Gasteiger partial charge in [0.1, 0.15) is 10.5 Å². The molecule has 0 fully saturated rings. The Hall–Kier alpha value is -3.17. The summed E-state index contributed by atoms with van der Waals surface area (Å²) in [6.07, 6.45) is 0.789. The zero-order valence-corrected chi connectivity index (χ0v) is 16.9. The number of carbonyl (C=O) groups is 1. The molecule has 2 aromatic heterocycles. The van der Waals surface area contributed by atoms with Crippen molar-refractivity contribution < 1.29 is 14.3 Å². The van der Waals surface area contributed by atoms with Crippen LogP contribution in [0.1, 0.15) is 22.2 Å². The minimum absolute atomic E-state index is 0.103. The lowest BCUT2D eigenvalue weighted by molar-refractivity contribution is 0.103. The molecule has 0 spiro atoms. The summed E-state index contributed by atoms with van der Waals surface area (Å²) >= 11 is 6.66. The van der Waals surface area contributed by atoms with Crippen molar-refractivity contribution in [3.05, 3.63) is 61.1 Å². The molecule has 3 heterocycles. The van der Waals surface area contributed by atoms with Crippen LogP contribution in [-0.2, 0) is 6.42 Å². The van der Waals surface area contributed by atoms with Crippen LogP contribution >= 0.6 is 23.6 Å². The molecule has 146 valence electrons. The number of aromatic nitrogens is 2. The standard InChI is InChI=1S/C20H15N3O4S2/c1-2-10-5-3-4-6-12(10)21-19(25)16-17-22-18(24)11-7-14-15(27-9-26-14)8-13(11)23(17)20(28)29-16/h3-8H,2,9H2,1H3,(H,21,25)(H,22,24). The maximum Gasteiger partial charge on any atom is 0.269 e. The van der Waals surface area contributed by atoms with Crippen LogP contribution in [0.3, 0.4) is 0 Å². The Labute approximate surface area is 173 Å². The van der Waals surface area contributed by atoms with E-state index in [9.17, 15) is 9.59 Å². The summed E-state index contributed by atoms with van der Waals surface area (Å²) < 4.78 is 12.9. The second-order valence-corrected chi connectivity index (χ2v) is 8.17. The van der Waals surface area contributed by atoms with E-state index in [0.29, 0.717) is 36.9 Å². The first kappa shape index (κ1) is 17.9. The largest absolute Gasteiger partial charge is 0.454 e. The summed E-state index contributed by atoms with van der Waals surface area (Å²) in [5.74, 6) is 0.735. The molecular formula is C20H15N3O4S2. The fourth-order valence-electron chi connectivity index (χ4n) is 3.46. The highest BCUT2D eigenvalue weighted by atomic mass is 32.1. The van der Waals surface area contributed by atoms with Crippen molar-refractivity contribution >= 4 is 51.7 Å². The molecule has 1 aliphatic rings. The van der Waals surface area contributed by atoms with Crippen molar-refractivity contribution in [2.75, 3.05) is 12.1 Å². The molecule has 2 N–H and O–H groups in total. The first-order valence-corrected chi connectivity index (χ1v) is 10.2. The number of hydrogen-bond donors (Lipinski definition) is 2. The van der Waals surface area contributed by atoms with Crippen LogP contribution in [0.4, 0.5) is 5.69 Å². The quantitative estimate of drug-likeness (QED) is 0.483. The summed E-state index contributed by atoms with van der Waals surface area (Å²) in [7, 11) is 0. The Balaban J connectivity index is 1.69. The number of ether oxygens (including phenoxy) is 2. The first-order chi connectivity index (χ1) is 14.1. The molecule has 4 aromatic rings. The topological polar surface area (TPSA) is 84.8 Å². The fourth-order valence-corrected chi connectivity index (χ4v) is 4.74. The van der Waals surface area contributed by atoms with Gasteiger partial charge in [0.2, 0.25) is 6.79 Å². The highest BCUT2D eigenvalue weighted by molar-refractivity contribution is 7.73. The number of amides is 1. The van der Waals surface area contributed by atoms with Gasteiger partial charge in [0, 0.05) is 11.8 Å². The minimum atomic E-state index is -0.325. The first-order valence-electron chi connectivity index (χ1n) is 8.97. The monoisotopic (exact) mass is 425 g/mol. The summed E-state index contributed by atoms with van der Waals surface area (Å²) in [5, 5.41) is 3.35. The van der Waals surface area contributed by atoms with Crippen molar-refractivity contribution in [3.8, 4) is 11.5 Å². The summed E-state index contributed by atoms with van der Waals surface area (Å²) in [6, 6.07) is 11.0. The summed E-state index contributed by atoms with van der Waals surface area (Å²) in [5.41, 5.74) is 2.38. The lowest BCUT2D eigenvalue weighted by Gasteiger charge is -2.09. The van der Waals surface area contributed by atoms with Gasteiger partial charge in [0.15, 0.2) is 15.5 Å². The van der Waals surface area contributed by atoms with Crippen molar-refractivity contribution in [2.45, 2.75) is 13.3 Å².